The van der Waals surface area contributed by atoms with Crippen molar-refractivity contribution in [2.75, 3.05) is 6.54 Å². The molecule has 2 aliphatic rings. The van der Waals surface area contributed by atoms with Crippen molar-refractivity contribution in [2.45, 2.75) is 25.3 Å². The Bertz CT molecular complexity index is 115. The van der Waals surface area contributed by atoms with Gasteiger partial charge in [-0.25, -0.2) is 5.32 Å². The summed E-state index contributed by atoms with van der Waals surface area (Å²) in [4.78, 5) is 0. The fraction of sp³-hybridized carbons (Fsp3) is 0.750. The molecule has 0 spiro atoms. The molecule has 49 valence electrons. The molecule has 0 aromatic rings. The van der Waals surface area contributed by atoms with Gasteiger partial charge in [0.05, 0.1) is 0 Å². The van der Waals surface area contributed by atoms with Crippen LogP contribution in [0, 0.1) is 5.92 Å². The fourth-order valence-corrected chi connectivity index (χ4v) is 1.80. The predicted octanol–water partition coefficient (Wildman–Crippen LogP) is 1.33. The molecule has 1 nitrogen and oxygen atoms in total. The minimum absolute atomic E-state index is 0.704. The van der Waals surface area contributed by atoms with Gasteiger partial charge in [0.25, 0.3) is 0 Å². The standard InChI is InChI=1S/C8H12N/c1-2-4-8-7(3-1)5-6-9-8/h1-2,7-8H,3-6H2/t7-,8-/m1/s1. The van der Waals surface area contributed by atoms with Gasteiger partial charge in [-0.15, -0.1) is 0 Å². The fourth-order valence-electron chi connectivity index (χ4n) is 1.80. The van der Waals surface area contributed by atoms with E-state index in [0.717, 1.165) is 12.5 Å². The molecule has 1 radical (unpaired) electrons. The minimum Gasteiger partial charge on any atom is -0.238 e. The van der Waals surface area contributed by atoms with Gasteiger partial charge in [0.1, 0.15) is 0 Å². The monoisotopic (exact) mass is 122 g/mol. The molecule has 0 unspecified atom stereocenters. The van der Waals surface area contributed by atoms with Gasteiger partial charge in [0.2, 0.25) is 0 Å². The Hall–Kier alpha value is -0.300. The van der Waals surface area contributed by atoms with Gasteiger partial charge in [-0.05, 0) is 25.2 Å². The maximum atomic E-state index is 4.51. The van der Waals surface area contributed by atoms with Crippen molar-refractivity contribution < 1.29 is 0 Å². The van der Waals surface area contributed by atoms with E-state index in [0.29, 0.717) is 6.04 Å². The molecule has 0 bridgehead atoms. The molecule has 0 amide bonds. The lowest BCUT2D eigenvalue weighted by atomic mass is 9.90. The van der Waals surface area contributed by atoms with Crippen LogP contribution in [0.5, 0.6) is 0 Å². The lowest BCUT2D eigenvalue weighted by molar-refractivity contribution is 0.435. The van der Waals surface area contributed by atoms with Crippen molar-refractivity contribution in [2.24, 2.45) is 5.92 Å². The molecule has 2 atom stereocenters. The van der Waals surface area contributed by atoms with Crippen molar-refractivity contribution in [1.29, 1.82) is 0 Å². The molecule has 1 heterocycles. The molecule has 1 heteroatoms. The van der Waals surface area contributed by atoms with E-state index in [1.807, 2.05) is 0 Å². The molecule has 0 saturated carbocycles. The van der Waals surface area contributed by atoms with Crippen LogP contribution >= 0.6 is 0 Å². The van der Waals surface area contributed by atoms with Crippen LogP contribution in [-0.2, 0) is 0 Å². The van der Waals surface area contributed by atoms with Gasteiger partial charge in [-0.2, -0.15) is 0 Å². The van der Waals surface area contributed by atoms with Gasteiger partial charge in [0.15, 0.2) is 0 Å². The quantitative estimate of drug-likeness (QED) is 0.430. The van der Waals surface area contributed by atoms with Crippen molar-refractivity contribution in [3.8, 4) is 0 Å². The average molecular weight is 122 g/mol. The van der Waals surface area contributed by atoms with Crippen LogP contribution in [0.15, 0.2) is 12.2 Å². The zero-order chi connectivity index (χ0) is 6.10. The van der Waals surface area contributed by atoms with E-state index in [1.54, 1.807) is 0 Å². The lowest BCUT2D eigenvalue weighted by Crippen LogP contribution is -2.22. The summed E-state index contributed by atoms with van der Waals surface area (Å²) in [7, 11) is 0. The first-order valence-electron chi connectivity index (χ1n) is 3.78. The molecular weight excluding hydrogens is 110 g/mol. The summed E-state index contributed by atoms with van der Waals surface area (Å²) in [6, 6.07) is 0.704. The van der Waals surface area contributed by atoms with E-state index in [-0.39, 0.29) is 0 Å². The average Bonchev–Trinajstić information content (AvgIpc) is 2.33. The molecule has 9 heavy (non-hydrogen) atoms. The van der Waals surface area contributed by atoms with E-state index in [9.17, 15) is 0 Å². The molecule has 0 aromatic heterocycles. The summed E-state index contributed by atoms with van der Waals surface area (Å²) >= 11 is 0. The number of allylic oxidation sites excluding steroid dienone is 1. The second-order valence-electron chi connectivity index (χ2n) is 2.97. The molecule has 1 aliphatic heterocycles. The van der Waals surface area contributed by atoms with E-state index in [1.165, 1.54) is 19.3 Å². The Morgan fingerprint density at radius 3 is 3.00 bits per heavy atom. The van der Waals surface area contributed by atoms with Crippen LogP contribution in [0.1, 0.15) is 19.3 Å². The van der Waals surface area contributed by atoms with Crippen molar-refractivity contribution in [3.63, 3.8) is 0 Å². The summed E-state index contributed by atoms with van der Waals surface area (Å²) in [6.45, 7) is 1.12. The first kappa shape index (κ1) is 5.48. The Morgan fingerprint density at radius 2 is 2.11 bits per heavy atom. The van der Waals surface area contributed by atoms with Crippen LogP contribution in [0.3, 0.4) is 0 Å². The Balaban J connectivity index is 2.07. The van der Waals surface area contributed by atoms with Gasteiger partial charge >= 0.3 is 0 Å². The Labute approximate surface area is 56.1 Å². The summed E-state index contributed by atoms with van der Waals surface area (Å²) in [6.07, 6.45) is 8.42. The summed E-state index contributed by atoms with van der Waals surface area (Å²) in [5.41, 5.74) is 0. The van der Waals surface area contributed by atoms with Crippen molar-refractivity contribution in [1.82, 2.24) is 5.32 Å². The second kappa shape index (κ2) is 2.14. The number of nitrogens with zero attached hydrogens (tertiary/aromatic N) is 1. The number of hydrogen-bond acceptors (Lipinski definition) is 0. The highest BCUT2D eigenvalue weighted by Gasteiger charge is 2.27. The smallest absolute Gasteiger partial charge is 0.0312 e. The van der Waals surface area contributed by atoms with Crippen LogP contribution in [0.2, 0.25) is 0 Å². The SMILES string of the molecule is C1=CC[C@H]2[N]CC[C@H]2C1. The maximum Gasteiger partial charge on any atom is 0.0312 e. The highest BCUT2D eigenvalue weighted by molar-refractivity contribution is 5.00. The predicted molar refractivity (Wildman–Crippen MR) is 37.3 cm³/mol. The molecule has 1 fully saturated rings. The summed E-state index contributed by atoms with van der Waals surface area (Å²) in [5.74, 6) is 0.912. The molecular formula is C8H12N. The lowest BCUT2D eigenvalue weighted by Gasteiger charge is -2.18. The zero-order valence-corrected chi connectivity index (χ0v) is 5.59. The zero-order valence-electron chi connectivity index (χ0n) is 5.59. The molecule has 0 N–H and O–H groups in total. The van der Waals surface area contributed by atoms with Crippen LogP contribution < -0.4 is 5.32 Å². The maximum absolute atomic E-state index is 4.51. The van der Waals surface area contributed by atoms with Gasteiger partial charge < -0.3 is 0 Å². The van der Waals surface area contributed by atoms with Gasteiger partial charge in [-0.1, -0.05) is 12.2 Å². The second-order valence-corrected chi connectivity index (χ2v) is 2.97. The molecule has 1 aliphatic carbocycles. The Morgan fingerprint density at radius 1 is 1.22 bits per heavy atom. The molecule has 1 saturated heterocycles. The van der Waals surface area contributed by atoms with E-state index in [4.69, 9.17) is 0 Å². The van der Waals surface area contributed by atoms with Crippen molar-refractivity contribution in [3.05, 3.63) is 12.2 Å². The number of hydrogen-bond donors (Lipinski definition) is 0. The van der Waals surface area contributed by atoms with Crippen molar-refractivity contribution >= 4 is 0 Å². The van der Waals surface area contributed by atoms with Gasteiger partial charge in [0, 0.05) is 12.6 Å². The topological polar surface area (TPSA) is 14.1 Å². The summed E-state index contributed by atoms with van der Waals surface area (Å²) in [5, 5.41) is 4.51. The third-order valence-electron chi connectivity index (χ3n) is 2.39. The van der Waals surface area contributed by atoms with E-state index < -0.39 is 0 Å². The third kappa shape index (κ3) is 0.897. The van der Waals surface area contributed by atoms with Crippen LogP contribution in [-0.4, -0.2) is 12.6 Å². The van der Waals surface area contributed by atoms with Gasteiger partial charge in [-0.3, -0.25) is 0 Å². The third-order valence-corrected chi connectivity index (χ3v) is 2.39. The van der Waals surface area contributed by atoms with Crippen LogP contribution in [0.4, 0.5) is 0 Å². The number of fused-ring (bicyclic) bond motifs is 1. The van der Waals surface area contributed by atoms with Crippen LogP contribution in [0.25, 0.3) is 0 Å². The van der Waals surface area contributed by atoms with E-state index >= 15 is 0 Å². The highest BCUT2D eigenvalue weighted by atomic mass is 14.9. The molecule has 2 rings (SSSR count). The largest absolute Gasteiger partial charge is 0.238 e. The van der Waals surface area contributed by atoms with E-state index in [2.05, 4.69) is 17.5 Å². The normalized spacial score (nSPS) is 40.9. The first-order valence-corrected chi connectivity index (χ1v) is 3.78. The Kier molecular flexibility index (Phi) is 1.31. The molecule has 0 aromatic carbocycles. The number of rotatable bonds is 0. The first-order chi connectivity index (χ1) is 4.47. The summed E-state index contributed by atoms with van der Waals surface area (Å²) < 4.78 is 0. The highest BCUT2D eigenvalue weighted by Crippen LogP contribution is 2.27. The minimum atomic E-state index is 0.704.